The minimum absolute atomic E-state index is 0.0226. The predicted molar refractivity (Wildman–Crippen MR) is 134 cm³/mol. The summed E-state index contributed by atoms with van der Waals surface area (Å²) >= 11 is 0. The molecule has 0 radical (unpaired) electrons. The van der Waals surface area contributed by atoms with E-state index in [-0.39, 0.29) is 11.6 Å². The monoisotopic (exact) mass is 465 g/mol. The van der Waals surface area contributed by atoms with E-state index >= 15 is 0 Å². The van der Waals surface area contributed by atoms with E-state index in [2.05, 4.69) is 41.4 Å². The lowest BCUT2D eigenvalue weighted by Crippen LogP contribution is -2.49. The third-order valence-electron chi connectivity index (χ3n) is 5.85. The van der Waals surface area contributed by atoms with E-state index < -0.39 is 0 Å². The lowest BCUT2D eigenvalue weighted by molar-refractivity contribution is 0.178. The van der Waals surface area contributed by atoms with Crippen LogP contribution in [0.3, 0.4) is 0 Å². The number of anilines is 1. The number of benzene rings is 1. The van der Waals surface area contributed by atoms with Gasteiger partial charge >= 0.3 is 6.03 Å². The number of hydrogen-bond acceptors (Lipinski definition) is 6. The molecule has 0 unspecified atom stereocenters. The number of aromatic nitrogens is 4. The SMILES string of the molecule is COCc1nc(N2CCCN(C(=O)NC(C)(C)C)CC2)c2c(C)nn(-c3ccc(C)cc3)c2n1. The molecule has 182 valence electrons. The largest absolute Gasteiger partial charge is 0.377 e. The van der Waals surface area contributed by atoms with Crippen LogP contribution < -0.4 is 10.2 Å². The first-order valence-electron chi connectivity index (χ1n) is 11.8. The fourth-order valence-corrected chi connectivity index (χ4v) is 4.23. The molecule has 0 spiro atoms. The van der Waals surface area contributed by atoms with Crippen LogP contribution in [0.1, 0.15) is 44.3 Å². The Labute approximate surface area is 201 Å². The smallest absolute Gasteiger partial charge is 0.317 e. The number of methoxy groups -OCH3 is 1. The molecule has 0 aliphatic carbocycles. The van der Waals surface area contributed by atoms with E-state index in [0.29, 0.717) is 32.1 Å². The number of carbonyl (C=O) groups is 1. The second kappa shape index (κ2) is 9.58. The van der Waals surface area contributed by atoms with Gasteiger partial charge in [0, 0.05) is 38.8 Å². The maximum absolute atomic E-state index is 12.7. The molecule has 1 N–H and O–H groups in total. The van der Waals surface area contributed by atoms with Crippen molar-refractivity contribution in [2.45, 2.75) is 53.2 Å². The molecule has 3 aromatic rings. The summed E-state index contributed by atoms with van der Waals surface area (Å²) in [5, 5.41) is 8.84. The van der Waals surface area contributed by atoms with Crippen molar-refractivity contribution in [2.24, 2.45) is 0 Å². The van der Waals surface area contributed by atoms with Crippen LogP contribution in [0.15, 0.2) is 24.3 Å². The van der Waals surface area contributed by atoms with Gasteiger partial charge in [0.15, 0.2) is 11.5 Å². The van der Waals surface area contributed by atoms with Gasteiger partial charge in [0.25, 0.3) is 0 Å². The van der Waals surface area contributed by atoms with Gasteiger partial charge in [-0.3, -0.25) is 0 Å². The van der Waals surface area contributed by atoms with Crippen molar-refractivity contribution in [2.75, 3.05) is 38.2 Å². The summed E-state index contributed by atoms with van der Waals surface area (Å²) in [6.45, 7) is 13.2. The van der Waals surface area contributed by atoms with Crippen LogP contribution in [0.25, 0.3) is 16.7 Å². The maximum atomic E-state index is 12.7. The van der Waals surface area contributed by atoms with Gasteiger partial charge in [0.2, 0.25) is 0 Å². The number of nitrogens with one attached hydrogen (secondary N) is 1. The Morgan fingerprint density at radius 2 is 1.79 bits per heavy atom. The molecule has 9 heteroatoms. The molecule has 1 aliphatic rings. The van der Waals surface area contributed by atoms with Crippen molar-refractivity contribution in [3.63, 3.8) is 0 Å². The number of hydrogen-bond donors (Lipinski definition) is 1. The van der Waals surface area contributed by atoms with Gasteiger partial charge in [-0.2, -0.15) is 5.10 Å². The topological polar surface area (TPSA) is 88.4 Å². The highest BCUT2D eigenvalue weighted by atomic mass is 16.5. The fourth-order valence-electron chi connectivity index (χ4n) is 4.23. The van der Waals surface area contributed by atoms with Crippen molar-refractivity contribution < 1.29 is 9.53 Å². The Balaban J connectivity index is 1.70. The Bertz CT molecular complexity index is 1160. The Morgan fingerprint density at radius 3 is 2.47 bits per heavy atom. The number of amides is 2. The molecular formula is C25H35N7O2. The standard InChI is InChI=1S/C25H35N7O2/c1-17-8-10-19(11-9-17)32-23-21(18(2)29-32)22(26-20(27-23)16-34-6)30-12-7-13-31(15-14-30)24(33)28-25(3,4)5/h8-11H,7,12-16H2,1-6H3,(H,28,33). The number of urea groups is 1. The lowest BCUT2D eigenvalue weighted by atomic mass is 10.1. The van der Waals surface area contributed by atoms with Gasteiger partial charge in [0.05, 0.1) is 16.8 Å². The molecular weight excluding hydrogens is 430 g/mol. The van der Waals surface area contributed by atoms with Gasteiger partial charge < -0.3 is 19.9 Å². The summed E-state index contributed by atoms with van der Waals surface area (Å²) in [6, 6.07) is 8.23. The molecule has 0 bridgehead atoms. The Hall–Kier alpha value is -3.20. The highest BCUT2D eigenvalue weighted by Gasteiger charge is 2.26. The molecule has 0 atom stereocenters. The molecule has 4 rings (SSSR count). The molecule has 1 aliphatic heterocycles. The second-order valence-corrected chi connectivity index (χ2v) is 9.94. The highest BCUT2D eigenvalue weighted by Crippen LogP contribution is 2.30. The van der Waals surface area contributed by atoms with E-state index in [0.717, 1.165) is 41.2 Å². The molecule has 1 aromatic carbocycles. The zero-order valence-electron chi connectivity index (χ0n) is 21.1. The summed E-state index contributed by atoms with van der Waals surface area (Å²) < 4.78 is 7.26. The van der Waals surface area contributed by atoms with Crippen LogP contribution in [0, 0.1) is 13.8 Å². The van der Waals surface area contributed by atoms with Gasteiger partial charge in [-0.1, -0.05) is 17.7 Å². The third-order valence-corrected chi connectivity index (χ3v) is 5.85. The van der Waals surface area contributed by atoms with Crippen LogP contribution in [-0.4, -0.2) is 69.5 Å². The molecule has 1 fully saturated rings. The number of rotatable bonds is 4. The van der Waals surface area contributed by atoms with Crippen LogP contribution in [0.5, 0.6) is 0 Å². The number of nitrogens with zero attached hydrogens (tertiary/aromatic N) is 6. The summed E-state index contributed by atoms with van der Waals surface area (Å²) in [5.74, 6) is 1.47. The molecule has 2 amide bonds. The quantitative estimate of drug-likeness (QED) is 0.633. The minimum atomic E-state index is -0.265. The average molecular weight is 466 g/mol. The van der Waals surface area contributed by atoms with Crippen molar-refractivity contribution in [3.8, 4) is 5.69 Å². The first kappa shape index (κ1) is 23.9. The van der Waals surface area contributed by atoms with Crippen LogP contribution >= 0.6 is 0 Å². The summed E-state index contributed by atoms with van der Waals surface area (Å²) in [5.41, 5.74) is 3.53. The molecule has 34 heavy (non-hydrogen) atoms. The lowest BCUT2D eigenvalue weighted by Gasteiger charge is -2.28. The zero-order valence-corrected chi connectivity index (χ0v) is 21.1. The van der Waals surface area contributed by atoms with Gasteiger partial charge in [-0.15, -0.1) is 0 Å². The van der Waals surface area contributed by atoms with Gasteiger partial charge in [-0.05, 0) is 53.2 Å². The summed E-state index contributed by atoms with van der Waals surface area (Å²) in [6.07, 6.45) is 0.855. The number of aryl methyl sites for hydroxylation is 2. The fraction of sp³-hybridized carbons (Fsp3) is 0.520. The highest BCUT2D eigenvalue weighted by molar-refractivity contribution is 5.91. The third kappa shape index (κ3) is 5.14. The first-order valence-corrected chi connectivity index (χ1v) is 11.8. The molecule has 0 saturated carbocycles. The minimum Gasteiger partial charge on any atom is -0.377 e. The molecule has 9 nitrogen and oxygen atoms in total. The van der Waals surface area contributed by atoms with Crippen LogP contribution in [-0.2, 0) is 11.3 Å². The molecule has 2 aromatic heterocycles. The van der Waals surface area contributed by atoms with Crippen molar-refractivity contribution >= 4 is 22.9 Å². The van der Waals surface area contributed by atoms with Crippen LogP contribution in [0.4, 0.5) is 10.6 Å². The number of fused-ring (bicyclic) bond motifs is 1. The summed E-state index contributed by atoms with van der Waals surface area (Å²) in [4.78, 5) is 26.6. The van der Waals surface area contributed by atoms with E-state index in [1.807, 2.05) is 37.3 Å². The Kier molecular flexibility index (Phi) is 6.74. The van der Waals surface area contributed by atoms with Crippen LogP contribution in [0.2, 0.25) is 0 Å². The normalized spacial score (nSPS) is 15.0. The molecule has 1 saturated heterocycles. The number of carbonyl (C=O) groups excluding carboxylic acids is 1. The van der Waals surface area contributed by atoms with Crippen molar-refractivity contribution in [1.82, 2.24) is 30.0 Å². The van der Waals surface area contributed by atoms with E-state index in [4.69, 9.17) is 19.8 Å². The van der Waals surface area contributed by atoms with E-state index in [1.165, 1.54) is 5.56 Å². The maximum Gasteiger partial charge on any atom is 0.317 e. The van der Waals surface area contributed by atoms with Gasteiger partial charge in [-0.25, -0.2) is 19.4 Å². The van der Waals surface area contributed by atoms with Gasteiger partial charge in [0.1, 0.15) is 12.4 Å². The van der Waals surface area contributed by atoms with E-state index in [9.17, 15) is 4.79 Å². The van der Waals surface area contributed by atoms with Crippen molar-refractivity contribution in [3.05, 3.63) is 41.3 Å². The number of ether oxygens (including phenoxy) is 1. The second-order valence-electron chi connectivity index (χ2n) is 9.94. The summed E-state index contributed by atoms with van der Waals surface area (Å²) in [7, 11) is 1.65. The van der Waals surface area contributed by atoms with E-state index in [1.54, 1.807) is 7.11 Å². The Morgan fingerprint density at radius 1 is 1.06 bits per heavy atom. The molecule has 3 heterocycles. The predicted octanol–water partition coefficient (Wildman–Crippen LogP) is 3.60. The average Bonchev–Trinajstić information content (AvgIpc) is 2.95. The first-order chi connectivity index (χ1) is 16.2. The zero-order chi connectivity index (χ0) is 24.5. The van der Waals surface area contributed by atoms with Crippen molar-refractivity contribution in [1.29, 1.82) is 0 Å².